The number of alkyl halides is 2. The molecule has 3 fully saturated rings. The molecule has 3 saturated heterocycles. The number of rotatable bonds is 8. The lowest BCUT2D eigenvalue weighted by Crippen LogP contribution is -2.45. The predicted octanol–water partition coefficient (Wildman–Crippen LogP) is 3.77. The second-order valence-corrected chi connectivity index (χ2v) is 19.0. The lowest BCUT2D eigenvalue weighted by Gasteiger charge is -2.27. The van der Waals surface area contributed by atoms with E-state index in [4.69, 9.17) is 42.8 Å². The third kappa shape index (κ3) is 8.73. The first-order valence-corrected chi connectivity index (χ1v) is 22.6. The van der Waals surface area contributed by atoms with Crippen LogP contribution < -0.4 is 20.5 Å². The minimum Gasteiger partial charge on any atom is -0.497 e. The van der Waals surface area contributed by atoms with E-state index in [2.05, 4.69) is 15.0 Å². The zero-order valence-corrected chi connectivity index (χ0v) is 33.5. The summed E-state index contributed by atoms with van der Waals surface area (Å²) in [6, 6.07) is 12.4. The van der Waals surface area contributed by atoms with Gasteiger partial charge in [-0.05, 0) is 53.3 Å². The maximum absolute atomic E-state index is 16.5. The monoisotopic (exact) mass is 894 g/mol. The minimum absolute atomic E-state index is 0.0131. The van der Waals surface area contributed by atoms with Crippen LogP contribution in [0.5, 0.6) is 11.5 Å². The highest BCUT2D eigenvalue weighted by Crippen LogP contribution is 2.65. The van der Waals surface area contributed by atoms with Crippen LogP contribution in [-0.2, 0) is 52.0 Å². The number of nitrogens with zero attached hydrogens (tertiary/aromatic N) is 4. The molecule has 2 amide bonds. The van der Waals surface area contributed by atoms with Crippen molar-refractivity contribution >= 4 is 60.8 Å². The van der Waals surface area contributed by atoms with Gasteiger partial charge in [0.05, 0.1) is 38.1 Å². The summed E-state index contributed by atoms with van der Waals surface area (Å²) in [7, 11) is -3.76. The number of hydrogen-bond acceptors (Lipinski definition) is 18. The fraction of sp³-hybridized carbons (Fsp3) is 0.371. The standard InChI is InChI=1S/C35H34F2N6O14P2S/c1-50-19-8-4-18(5-9-19)35(46)53-20-6-2-17(3-7-20)14-60-59(49)52-13-23-29(26(37)28(54-23)21-10-11-24(44)42-33(21)45)56-58(47,48)51-12-22-25(36)30(57-59)34(55-22)43-16-41-27-31(38)39-15-40-32(27)43/h2-11,15-16,21-23,25-26,28-30,34H,12-14H2,1H3,(H,47,48)(H2,38,39,40)(H,42,44,45)/t21?,22-,23-,25-,26+,28+,29-,30-,34-,59+/m1/s1. The number of imide groups is 1. The van der Waals surface area contributed by atoms with Crippen LogP contribution in [0.3, 0.4) is 0 Å². The van der Waals surface area contributed by atoms with Crippen molar-refractivity contribution in [3.8, 4) is 11.5 Å². The molecule has 60 heavy (non-hydrogen) atoms. The summed E-state index contributed by atoms with van der Waals surface area (Å²) < 4.78 is 107. The van der Waals surface area contributed by atoms with Crippen molar-refractivity contribution in [3.63, 3.8) is 0 Å². The average molecular weight is 895 g/mol. The van der Waals surface area contributed by atoms with E-state index in [1.165, 1.54) is 42.3 Å². The summed E-state index contributed by atoms with van der Waals surface area (Å²) in [4.78, 5) is 60.1. The molecule has 0 aliphatic carbocycles. The highest BCUT2D eigenvalue weighted by atomic mass is 32.7. The van der Waals surface area contributed by atoms with E-state index in [1.54, 1.807) is 24.3 Å². The molecule has 4 aliphatic rings. The lowest BCUT2D eigenvalue weighted by molar-refractivity contribution is -0.135. The average Bonchev–Trinajstić information content (AvgIpc) is 3.89. The number of carbonyl (C=O) groups excluding carboxylic acids is 3. The number of anilines is 1. The molecule has 4 aliphatic heterocycles. The molecule has 20 nitrogen and oxygen atoms in total. The molecule has 4 aromatic rings. The highest BCUT2D eigenvalue weighted by molar-refractivity contribution is 8.54. The predicted molar refractivity (Wildman–Crippen MR) is 203 cm³/mol. The molecular formula is C35H34F2N6O14P2S. The van der Waals surface area contributed by atoms with Crippen molar-refractivity contribution in [1.82, 2.24) is 24.8 Å². The molecule has 25 heteroatoms. The second-order valence-electron chi connectivity index (χ2n) is 13.6. The Kier molecular flexibility index (Phi) is 11.9. The van der Waals surface area contributed by atoms with E-state index >= 15 is 8.78 Å². The van der Waals surface area contributed by atoms with Crippen molar-refractivity contribution < 1.29 is 74.2 Å². The number of nitrogens with two attached hydrogens (primary N) is 1. The lowest BCUT2D eigenvalue weighted by atomic mass is 9.94. The van der Waals surface area contributed by atoms with Crippen molar-refractivity contribution in [3.05, 3.63) is 84.5 Å². The molecule has 0 saturated carbocycles. The van der Waals surface area contributed by atoms with E-state index in [0.29, 0.717) is 22.7 Å². The largest absolute Gasteiger partial charge is 0.497 e. The minimum atomic E-state index is -5.26. The number of nitrogen functional groups attached to an aromatic ring is 1. The molecule has 2 bridgehead atoms. The van der Waals surface area contributed by atoms with E-state index < -0.39 is 101 Å². The summed E-state index contributed by atoms with van der Waals surface area (Å²) in [6.45, 7) is -6.45. The molecule has 2 aromatic carbocycles. The number of carbonyl (C=O) groups is 3. The molecule has 318 valence electrons. The number of phosphoric acid groups is 1. The van der Waals surface area contributed by atoms with Crippen molar-refractivity contribution in [2.75, 3.05) is 26.1 Å². The Labute approximate surface area is 341 Å². The summed E-state index contributed by atoms with van der Waals surface area (Å²) in [5.41, 5.74) is 6.94. The van der Waals surface area contributed by atoms with Gasteiger partial charge in [0.1, 0.15) is 53.9 Å². The van der Waals surface area contributed by atoms with Crippen molar-refractivity contribution in [2.45, 2.75) is 54.8 Å². The summed E-state index contributed by atoms with van der Waals surface area (Å²) in [5, 5.41) is 2.03. The van der Waals surface area contributed by atoms with Gasteiger partial charge in [-0.3, -0.25) is 37.6 Å². The number of halogens is 2. The number of esters is 1. The van der Waals surface area contributed by atoms with Crippen LogP contribution >= 0.6 is 26.0 Å². The van der Waals surface area contributed by atoms with Gasteiger partial charge < -0.3 is 29.6 Å². The Morgan fingerprint density at radius 2 is 1.68 bits per heavy atom. The molecular weight excluding hydrogens is 860 g/mol. The van der Waals surface area contributed by atoms with Gasteiger partial charge in [0, 0.05) is 11.8 Å². The fourth-order valence-corrected chi connectivity index (χ4v) is 11.1. The third-order valence-electron chi connectivity index (χ3n) is 9.76. The van der Waals surface area contributed by atoms with Crippen molar-refractivity contribution in [1.29, 1.82) is 0 Å². The highest BCUT2D eigenvalue weighted by Gasteiger charge is 2.56. The number of nitrogens with one attached hydrogen (secondary N) is 1. The molecule has 2 unspecified atom stereocenters. The summed E-state index contributed by atoms with van der Waals surface area (Å²) in [6.07, 6.45) is -10.3. The zero-order chi connectivity index (χ0) is 42.3. The Hall–Kier alpha value is -4.67. The van der Waals surface area contributed by atoms with Gasteiger partial charge in [-0.1, -0.05) is 18.2 Å². The number of amides is 2. The molecule has 8 rings (SSSR count). The number of methoxy groups -OCH3 is 1. The summed E-state index contributed by atoms with van der Waals surface area (Å²) >= 11 is 0.598. The van der Waals surface area contributed by atoms with Gasteiger partial charge in [-0.2, -0.15) is 0 Å². The van der Waals surface area contributed by atoms with Crippen LogP contribution in [0.4, 0.5) is 14.6 Å². The normalized spacial score (nSPS) is 33.3. The molecule has 0 radical (unpaired) electrons. The van der Waals surface area contributed by atoms with Gasteiger partial charge in [0.15, 0.2) is 30.0 Å². The Bertz CT molecular complexity index is 2410. The first-order valence-electron chi connectivity index (χ1n) is 17.9. The van der Waals surface area contributed by atoms with Crippen LogP contribution in [0.2, 0.25) is 0 Å². The number of benzene rings is 2. The van der Waals surface area contributed by atoms with Crippen molar-refractivity contribution in [2.24, 2.45) is 5.92 Å². The SMILES string of the molecule is COc1ccc(C(=O)Oc2ccc(CS[P@@]3(=O)OC[C@H]4O[C@@H](C5C=CC(=O)NC5=O)[C@H](F)[C@@H]4OP(=O)(O)OC[C@H]4O[C@@H](n5cnc6c(N)ncnc65)[C@H](O3)[C@@H]4F)cc2)cc1. The zero-order valence-electron chi connectivity index (χ0n) is 30.9. The summed E-state index contributed by atoms with van der Waals surface area (Å²) in [5.74, 6) is -3.06. The number of phosphoric ester groups is 1. The number of ether oxygens (including phenoxy) is 4. The molecule has 6 heterocycles. The fourth-order valence-electron chi connectivity index (χ4n) is 6.76. The molecule has 11 atom stereocenters. The van der Waals surface area contributed by atoms with E-state index in [-0.39, 0.29) is 34.0 Å². The Morgan fingerprint density at radius 3 is 2.42 bits per heavy atom. The maximum Gasteiger partial charge on any atom is 0.472 e. The second kappa shape index (κ2) is 17.0. The maximum atomic E-state index is 16.5. The molecule has 2 aromatic heterocycles. The van der Waals surface area contributed by atoms with Gasteiger partial charge in [0.25, 0.3) is 0 Å². The van der Waals surface area contributed by atoms with Crippen LogP contribution in [-0.4, -0.2) is 105 Å². The van der Waals surface area contributed by atoms with Gasteiger partial charge in [-0.15, -0.1) is 0 Å². The first kappa shape index (κ1) is 42.0. The Morgan fingerprint density at radius 1 is 0.950 bits per heavy atom. The molecule has 4 N–H and O–H groups in total. The van der Waals surface area contributed by atoms with Crippen LogP contribution in [0.25, 0.3) is 11.2 Å². The first-order chi connectivity index (χ1) is 28.7. The Balaban J connectivity index is 1.08. The number of imidazole rings is 1. The number of aromatic nitrogens is 4. The quantitative estimate of drug-likeness (QED) is 0.0984. The van der Waals surface area contributed by atoms with Gasteiger partial charge in [0.2, 0.25) is 11.8 Å². The van der Waals surface area contributed by atoms with Gasteiger partial charge >= 0.3 is 20.6 Å². The van der Waals surface area contributed by atoms with Crippen LogP contribution in [0, 0.1) is 5.92 Å². The molecule has 0 spiro atoms. The van der Waals surface area contributed by atoms with E-state index in [0.717, 1.165) is 18.5 Å². The van der Waals surface area contributed by atoms with Crippen LogP contribution in [0.1, 0.15) is 22.1 Å². The van der Waals surface area contributed by atoms with Crippen LogP contribution in [0.15, 0.2) is 73.3 Å². The number of fused-ring (bicyclic) bond motifs is 4. The number of hydrogen-bond donors (Lipinski definition) is 3. The van der Waals surface area contributed by atoms with E-state index in [9.17, 15) is 28.4 Å². The smallest absolute Gasteiger partial charge is 0.472 e. The van der Waals surface area contributed by atoms with E-state index in [1.807, 2.05) is 5.32 Å². The topological polar surface area (TPSA) is 261 Å². The third-order valence-corrected chi connectivity index (χ3v) is 14.4. The van der Waals surface area contributed by atoms with Gasteiger partial charge in [-0.25, -0.2) is 37.7 Å².